The second-order valence-electron chi connectivity index (χ2n) is 8.69. The van der Waals surface area contributed by atoms with Gasteiger partial charge in [-0.25, -0.2) is 0 Å². The lowest BCUT2D eigenvalue weighted by atomic mass is 9.91. The van der Waals surface area contributed by atoms with Crippen LogP contribution in [0, 0.1) is 5.92 Å². The normalized spacial score (nSPS) is 19.5. The van der Waals surface area contributed by atoms with E-state index in [0.29, 0.717) is 30.7 Å². The third kappa shape index (κ3) is 6.46. The molecule has 2 saturated heterocycles. The van der Waals surface area contributed by atoms with Crippen molar-refractivity contribution in [2.45, 2.75) is 51.5 Å². The van der Waals surface area contributed by atoms with Gasteiger partial charge in [0.2, 0.25) is 5.91 Å². The van der Waals surface area contributed by atoms with Crippen molar-refractivity contribution in [1.29, 1.82) is 0 Å². The molecule has 1 aromatic carbocycles. The topological polar surface area (TPSA) is 53.1 Å². The Morgan fingerprint density at radius 2 is 1.67 bits per heavy atom. The van der Waals surface area contributed by atoms with E-state index < -0.39 is 0 Å². The van der Waals surface area contributed by atoms with E-state index in [-0.39, 0.29) is 5.97 Å². The first-order valence-electron chi connectivity index (χ1n) is 11.5. The molecule has 3 rings (SSSR count). The minimum absolute atomic E-state index is 0.125. The zero-order valence-electron chi connectivity index (χ0n) is 18.6. The molecular weight excluding hydrogens is 378 g/mol. The van der Waals surface area contributed by atoms with E-state index in [1.807, 2.05) is 11.0 Å². The highest BCUT2D eigenvalue weighted by atomic mass is 16.5. The van der Waals surface area contributed by atoms with E-state index in [1.165, 1.54) is 12.8 Å². The summed E-state index contributed by atoms with van der Waals surface area (Å²) in [6, 6.07) is 10.9. The first-order valence-corrected chi connectivity index (χ1v) is 11.5. The molecule has 1 aromatic rings. The molecule has 2 fully saturated rings. The lowest BCUT2D eigenvalue weighted by molar-refractivity contribution is -0.141. The summed E-state index contributed by atoms with van der Waals surface area (Å²) in [6.07, 6.45) is 5.32. The number of benzene rings is 1. The highest BCUT2D eigenvalue weighted by Crippen LogP contribution is 2.25. The average Bonchev–Trinajstić information content (AvgIpc) is 2.81. The number of carbonyl (C=O) groups is 2. The number of para-hydroxylation sites is 1. The Morgan fingerprint density at radius 3 is 2.30 bits per heavy atom. The smallest absolute Gasteiger partial charge is 0.305 e. The van der Waals surface area contributed by atoms with Gasteiger partial charge in [-0.3, -0.25) is 9.59 Å². The van der Waals surface area contributed by atoms with E-state index in [2.05, 4.69) is 41.0 Å². The van der Waals surface area contributed by atoms with Gasteiger partial charge in [-0.15, -0.1) is 0 Å². The fourth-order valence-electron chi connectivity index (χ4n) is 4.63. The van der Waals surface area contributed by atoms with E-state index in [0.717, 1.165) is 65.0 Å². The first kappa shape index (κ1) is 22.6. The maximum Gasteiger partial charge on any atom is 0.305 e. The van der Waals surface area contributed by atoms with Crippen LogP contribution in [0.2, 0.25) is 0 Å². The van der Waals surface area contributed by atoms with Crippen LogP contribution in [0.3, 0.4) is 0 Å². The van der Waals surface area contributed by atoms with Crippen molar-refractivity contribution < 1.29 is 14.3 Å². The fourth-order valence-corrected chi connectivity index (χ4v) is 4.63. The average molecular weight is 416 g/mol. The number of methoxy groups -OCH3 is 1. The molecule has 6 heteroatoms. The summed E-state index contributed by atoms with van der Waals surface area (Å²) in [4.78, 5) is 30.9. The standard InChI is InChI=1S/C24H37N3O3/c1-20(8-11-24(29)30-2)25-14-12-21(13-15-25)9-10-23(28)27-18-16-26(17-19-27)22-6-4-3-5-7-22/h3-7,20-21H,8-19H2,1-2H3. The Bertz CT molecular complexity index is 666. The summed E-state index contributed by atoms with van der Waals surface area (Å²) in [5.41, 5.74) is 1.25. The molecule has 1 atom stereocenters. The van der Waals surface area contributed by atoms with Crippen molar-refractivity contribution in [1.82, 2.24) is 9.80 Å². The van der Waals surface area contributed by atoms with Gasteiger partial charge in [-0.2, -0.15) is 0 Å². The van der Waals surface area contributed by atoms with Gasteiger partial charge in [0.25, 0.3) is 0 Å². The molecule has 0 spiro atoms. The van der Waals surface area contributed by atoms with Crippen molar-refractivity contribution >= 4 is 17.6 Å². The van der Waals surface area contributed by atoms with Gasteiger partial charge in [0, 0.05) is 50.7 Å². The lowest BCUT2D eigenvalue weighted by Crippen LogP contribution is -2.48. The van der Waals surface area contributed by atoms with Crippen LogP contribution in [0.25, 0.3) is 0 Å². The summed E-state index contributed by atoms with van der Waals surface area (Å²) < 4.78 is 4.74. The molecule has 1 amide bonds. The molecule has 0 bridgehead atoms. The number of piperidine rings is 1. The summed E-state index contributed by atoms with van der Waals surface area (Å²) >= 11 is 0. The summed E-state index contributed by atoms with van der Waals surface area (Å²) in [7, 11) is 1.45. The van der Waals surface area contributed by atoms with Gasteiger partial charge in [-0.05, 0) is 63.7 Å². The number of hydrogen-bond donors (Lipinski definition) is 0. The minimum Gasteiger partial charge on any atom is -0.469 e. The number of ether oxygens (including phenoxy) is 1. The van der Waals surface area contributed by atoms with Gasteiger partial charge in [-0.1, -0.05) is 18.2 Å². The molecule has 166 valence electrons. The molecule has 30 heavy (non-hydrogen) atoms. The quantitative estimate of drug-likeness (QED) is 0.611. The van der Waals surface area contributed by atoms with Crippen LogP contribution in [-0.4, -0.2) is 74.1 Å². The number of esters is 1. The van der Waals surface area contributed by atoms with Gasteiger partial charge in [0.15, 0.2) is 0 Å². The van der Waals surface area contributed by atoms with Gasteiger partial charge < -0.3 is 19.4 Å². The van der Waals surface area contributed by atoms with E-state index in [4.69, 9.17) is 4.74 Å². The van der Waals surface area contributed by atoms with Crippen molar-refractivity contribution in [2.75, 3.05) is 51.3 Å². The second kappa shape index (κ2) is 11.3. The number of hydrogen-bond acceptors (Lipinski definition) is 5. The molecule has 2 aliphatic heterocycles. The highest BCUT2D eigenvalue weighted by Gasteiger charge is 2.25. The summed E-state index contributed by atoms with van der Waals surface area (Å²) in [5, 5.41) is 0. The molecular formula is C24H37N3O3. The number of carbonyl (C=O) groups excluding carboxylic acids is 2. The lowest BCUT2D eigenvalue weighted by Gasteiger charge is -2.37. The maximum absolute atomic E-state index is 12.7. The molecule has 6 nitrogen and oxygen atoms in total. The number of nitrogens with zero attached hydrogens (tertiary/aromatic N) is 3. The Balaban J connectivity index is 1.32. The molecule has 0 aliphatic carbocycles. The van der Waals surface area contributed by atoms with Crippen LogP contribution >= 0.6 is 0 Å². The van der Waals surface area contributed by atoms with Crippen molar-refractivity contribution in [3.8, 4) is 0 Å². The van der Waals surface area contributed by atoms with Gasteiger partial charge >= 0.3 is 5.97 Å². The van der Waals surface area contributed by atoms with E-state index >= 15 is 0 Å². The van der Waals surface area contributed by atoms with Gasteiger partial charge in [0.1, 0.15) is 0 Å². The Morgan fingerprint density at radius 1 is 1.00 bits per heavy atom. The molecule has 0 radical (unpaired) electrons. The molecule has 0 aromatic heterocycles. The highest BCUT2D eigenvalue weighted by molar-refractivity contribution is 5.76. The Kier molecular flexibility index (Phi) is 8.55. The largest absolute Gasteiger partial charge is 0.469 e. The SMILES string of the molecule is COC(=O)CCC(C)N1CCC(CCC(=O)N2CCN(c3ccccc3)CC2)CC1. The van der Waals surface area contributed by atoms with E-state index in [9.17, 15) is 9.59 Å². The molecule has 2 heterocycles. The zero-order valence-corrected chi connectivity index (χ0v) is 18.6. The number of likely N-dealkylation sites (tertiary alicyclic amines) is 1. The number of anilines is 1. The van der Waals surface area contributed by atoms with Crippen LogP contribution in [-0.2, 0) is 14.3 Å². The second-order valence-corrected chi connectivity index (χ2v) is 8.69. The predicted molar refractivity (Wildman–Crippen MR) is 119 cm³/mol. The minimum atomic E-state index is -0.125. The molecule has 0 N–H and O–H groups in total. The Hall–Kier alpha value is -2.08. The summed E-state index contributed by atoms with van der Waals surface area (Å²) in [6.45, 7) is 7.80. The molecule has 1 unspecified atom stereocenters. The van der Waals surface area contributed by atoms with Crippen molar-refractivity contribution in [3.63, 3.8) is 0 Å². The third-order valence-electron chi connectivity index (χ3n) is 6.79. The van der Waals surface area contributed by atoms with Crippen LogP contribution < -0.4 is 4.90 Å². The van der Waals surface area contributed by atoms with Crippen LogP contribution in [0.1, 0.15) is 45.4 Å². The van der Waals surface area contributed by atoms with Crippen LogP contribution in [0.4, 0.5) is 5.69 Å². The van der Waals surface area contributed by atoms with Crippen molar-refractivity contribution in [2.24, 2.45) is 5.92 Å². The molecule has 2 aliphatic rings. The monoisotopic (exact) mass is 415 g/mol. The van der Waals surface area contributed by atoms with Crippen LogP contribution in [0.15, 0.2) is 30.3 Å². The van der Waals surface area contributed by atoms with Crippen LogP contribution in [0.5, 0.6) is 0 Å². The van der Waals surface area contributed by atoms with Crippen molar-refractivity contribution in [3.05, 3.63) is 30.3 Å². The van der Waals surface area contributed by atoms with E-state index in [1.54, 1.807) is 0 Å². The number of rotatable bonds is 8. The first-order chi connectivity index (χ1) is 14.6. The third-order valence-corrected chi connectivity index (χ3v) is 6.79. The predicted octanol–water partition coefficient (Wildman–Crippen LogP) is 3.17. The number of piperazine rings is 1. The maximum atomic E-state index is 12.7. The molecule has 0 saturated carbocycles. The van der Waals surface area contributed by atoms with Gasteiger partial charge in [0.05, 0.1) is 7.11 Å². The Labute approximate surface area is 181 Å². The summed E-state index contributed by atoms with van der Waals surface area (Å²) in [5.74, 6) is 0.833. The number of amides is 1. The fraction of sp³-hybridized carbons (Fsp3) is 0.667. The zero-order chi connectivity index (χ0) is 21.3.